The van der Waals surface area contributed by atoms with Crippen molar-refractivity contribution in [1.82, 2.24) is 10.4 Å². The van der Waals surface area contributed by atoms with E-state index in [1.165, 1.54) is 0 Å². The van der Waals surface area contributed by atoms with Gasteiger partial charge in [0.05, 0.1) is 11.1 Å². The van der Waals surface area contributed by atoms with Gasteiger partial charge in [0.25, 0.3) is 5.91 Å². The number of carbonyl (C=O) groups excluding carboxylic acids is 1. The molecule has 0 bridgehead atoms. The minimum Gasteiger partial charge on any atom is -0.285 e. The Morgan fingerprint density at radius 3 is 2.40 bits per heavy atom. The minimum atomic E-state index is -4.60. The molecular formula is C13H14F4N2O. The van der Waals surface area contributed by atoms with Crippen molar-refractivity contribution in [3.63, 3.8) is 0 Å². The number of carbonyl (C=O) groups is 1. The second-order valence-electron chi connectivity index (χ2n) is 4.68. The smallest absolute Gasteiger partial charge is 0.285 e. The summed E-state index contributed by atoms with van der Waals surface area (Å²) in [5.74, 6) is -1.82. The fourth-order valence-electron chi connectivity index (χ4n) is 2.09. The lowest BCUT2D eigenvalue weighted by molar-refractivity contribution is -0.137. The Morgan fingerprint density at radius 1 is 1.15 bits per heavy atom. The molecule has 3 nitrogen and oxygen atoms in total. The second-order valence-corrected chi connectivity index (χ2v) is 4.68. The molecule has 1 heterocycles. The van der Waals surface area contributed by atoms with Gasteiger partial charge >= 0.3 is 6.18 Å². The highest BCUT2D eigenvalue weighted by molar-refractivity contribution is 5.94. The molecule has 1 fully saturated rings. The molecule has 0 atom stereocenters. The molecule has 0 radical (unpaired) electrons. The molecule has 0 aromatic heterocycles. The Bertz CT molecular complexity index is 496. The molecule has 0 aliphatic carbocycles. The number of hydrazine groups is 1. The van der Waals surface area contributed by atoms with Gasteiger partial charge in [-0.05, 0) is 31.0 Å². The van der Waals surface area contributed by atoms with E-state index in [9.17, 15) is 22.4 Å². The van der Waals surface area contributed by atoms with Gasteiger partial charge in [-0.2, -0.15) is 13.2 Å². The van der Waals surface area contributed by atoms with Crippen LogP contribution in [0.1, 0.15) is 35.2 Å². The predicted molar refractivity (Wildman–Crippen MR) is 64.3 cm³/mol. The lowest BCUT2D eigenvalue weighted by Crippen LogP contribution is -2.45. The van der Waals surface area contributed by atoms with Crippen LogP contribution in [-0.2, 0) is 6.18 Å². The summed E-state index contributed by atoms with van der Waals surface area (Å²) in [7, 11) is 0. The zero-order valence-electron chi connectivity index (χ0n) is 10.6. The molecule has 1 amide bonds. The predicted octanol–water partition coefficient (Wildman–Crippen LogP) is 2.98. The first-order valence-electron chi connectivity index (χ1n) is 6.30. The molecule has 20 heavy (non-hydrogen) atoms. The molecule has 0 saturated carbocycles. The summed E-state index contributed by atoms with van der Waals surface area (Å²) in [5, 5.41) is 1.60. The molecule has 0 spiro atoms. The van der Waals surface area contributed by atoms with E-state index < -0.39 is 29.0 Å². The number of rotatable bonds is 2. The molecular weight excluding hydrogens is 276 g/mol. The summed E-state index contributed by atoms with van der Waals surface area (Å²) in [6.07, 6.45) is -1.77. The van der Waals surface area contributed by atoms with Crippen LogP contribution in [0.3, 0.4) is 0 Å². The number of nitrogens with zero attached hydrogens (tertiary/aromatic N) is 1. The average molecular weight is 290 g/mol. The number of piperidine rings is 1. The highest BCUT2D eigenvalue weighted by atomic mass is 19.4. The van der Waals surface area contributed by atoms with Crippen LogP contribution in [0, 0.1) is 5.82 Å². The van der Waals surface area contributed by atoms with Crippen molar-refractivity contribution in [2.75, 3.05) is 13.1 Å². The molecule has 0 unspecified atom stereocenters. The van der Waals surface area contributed by atoms with Gasteiger partial charge in [0.15, 0.2) is 0 Å². The van der Waals surface area contributed by atoms with Crippen LogP contribution >= 0.6 is 0 Å². The highest BCUT2D eigenvalue weighted by Crippen LogP contribution is 2.30. The van der Waals surface area contributed by atoms with Gasteiger partial charge < -0.3 is 0 Å². The van der Waals surface area contributed by atoms with Crippen molar-refractivity contribution in [3.05, 3.63) is 35.1 Å². The first kappa shape index (κ1) is 14.8. The number of hydrogen-bond acceptors (Lipinski definition) is 2. The standard InChI is InChI=1S/C13H14F4N2O/c14-11-5-4-9(13(15,16)17)8-10(11)12(20)18-19-6-2-1-3-7-19/h4-5,8H,1-3,6-7H2,(H,18,20). The summed E-state index contributed by atoms with van der Waals surface area (Å²) in [4.78, 5) is 11.9. The summed E-state index contributed by atoms with van der Waals surface area (Å²) in [6, 6.07) is 1.82. The van der Waals surface area contributed by atoms with Gasteiger partial charge in [-0.1, -0.05) is 6.42 Å². The fourth-order valence-corrected chi connectivity index (χ4v) is 2.09. The summed E-state index contributed by atoms with van der Waals surface area (Å²) in [5.41, 5.74) is 0.810. The number of alkyl halides is 3. The van der Waals surface area contributed by atoms with Crippen molar-refractivity contribution in [3.8, 4) is 0 Å². The van der Waals surface area contributed by atoms with E-state index in [0.717, 1.165) is 19.3 Å². The molecule has 110 valence electrons. The van der Waals surface area contributed by atoms with Crippen LogP contribution in [0.2, 0.25) is 0 Å². The topological polar surface area (TPSA) is 32.3 Å². The van der Waals surface area contributed by atoms with Crippen molar-refractivity contribution in [1.29, 1.82) is 0 Å². The number of hydrogen-bond donors (Lipinski definition) is 1. The van der Waals surface area contributed by atoms with Crippen molar-refractivity contribution in [2.24, 2.45) is 0 Å². The third-order valence-corrected chi connectivity index (χ3v) is 3.15. The van der Waals surface area contributed by atoms with Crippen LogP contribution in [0.4, 0.5) is 17.6 Å². The minimum absolute atomic E-state index is 0.536. The van der Waals surface area contributed by atoms with Gasteiger partial charge in [0.1, 0.15) is 5.82 Å². The monoisotopic (exact) mass is 290 g/mol. The largest absolute Gasteiger partial charge is 0.416 e. The first-order chi connectivity index (χ1) is 9.38. The number of nitrogens with one attached hydrogen (secondary N) is 1. The quantitative estimate of drug-likeness (QED) is 0.849. The molecule has 1 saturated heterocycles. The Labute approximate surface area is 113 Å². The fraction of sp³-hybridized carbons (Fsp3) is 0.462. The van der Waals surface area contributed by atoms with E-state index >= 15 is 0 Å². The van der Waals surface area contributed by atoms with Gasteiger partial charge in [0, 0.05) is 13.1 Å². The molecule has 1 N–H and O–H groups in total. The molecule has 7 heteroatoms. The summed E-state index contributed by atoms with van der Waals surface area (Å²) >= 11 is 0. The van der Waals surface area contributed by atoms with Crippen LogP contribution in [-0.4, -0.2) is 24.0 Å². The maximum atomic E-state index is 13.5. The normalized spacial score (nSPS) is 17.0. The Balaban J connectivity index is 2.16. The zero-order chi connectivity index (χ0) is 14.8. The van der Waals surface area contributed by atoms with E-state index in [1.54, 1.807) is 5.01 Å². The van der Waals surface area contributed by atoms with Gasteiger partial charge in [0.2, 0.25) is 0 Å². The Kier molecular flexibility index (Phi) is 4.27. The lowest BCUT2D eigenvalue weighted by atomic mass is 10.1. The Morgan fingerprint density at radius 2 is 1.80 bits per heavy atom. The maximum absolute atomic E-state index is 13.5. The summed E-state index contributed by atoms with van der Waals surface area (Å²) in [6.45, 7) is 1.23. The van der Waals surface area contributed by atoms with Crippen LogP contribution in [0.15, 0.2) is 18.2 Å². The third kappa shape index (κ3) is 3.47. The third-order valence-electron chi connectivity index (χ3n) is 3.15. The molecule has 1 aliphatic heterocycles. The number of amides is 1. The SMILES string of the molecule is O=C(NN1CCCCC1)c1cc(C(F)(F)F)ccc1F. The molecule has 1 aromatic rings. The van der Waals surface area contributed by atoms with E-state index in [4.69, 9.17) is 0 Å². The highest BCUT2D eigenvalue weighted by Gasteiger charge is 2.32. The van der Waals surface area contributed by atoms with Crippen LogP contribution in [0.5, 0.6) is 0 Å². The average Bonchev–Trinajstić information content (AvgIpc) is 2.39. The van der Waals surface area contributed by atoms with Gasteiger partial charge in [-0.25, -0.2) is 9.40 Å². The number of benzene rings is 1. The van der Waals surface area contributed by atoms with E-state index in [0.29, 0.717) is 31.3 Å². The molecule has 2 rings (SSSR count). The number of halogens is 4. The van der Waals surface area contributed by atoms with E-state index in [-0.39, 0.29) is 0 Å². The summed E-state index contributed by atoms with van der Waals surface area (Å²) < 4.78 is 51.2. The van der Waals surface area contributed by atoms with Crippen molar-refractivity contribution in [2.45, 2.75) is 25.4 Å². The first-order valence-corrected chi connectivity index (χ1v) is 6.30. The second kappa shape index (κ2) is 5.78. The van der Waals surface area contributed by atoms with Crippen molar-refractivity contribution >= 4 is 5.91 Å². The van der Waals surface area contributed by atoms with Crippen LogP contribution < -0.4 is 5.43 Å². The molecule has 1 aromatic carbocycles. The van der Waals surface area contributed by atoms with Crippen LogP contribution in [0.25, 0.3) is 0 Å². The lowest BCUT2D eigenvalue weighted by Gasteiger charge is -2.26. The van der Waals surface area contributed by atoms with E-state index in [2.05, 4.69) is 5.43 Å². The van der Waals surface area contributed by atoms with Gasteiger partial charge in [-0.3, -0.25) is 10.2 Å². The van der Waals surface area contributed by atoms with Crippen molar-refractivity contribution < 1.29 is 22.4 Å². The van der Waals surface area contributed by atoms with E-state index in [1.807, 2.05) is 0 Å². The van der Waals surface area contributed by atoms with Gasteiger partial charge in [-0.15, -0.1) is 0 Å². The Hall–Kier alpha value is -1.63. The molecule has 1 aliphatic rings. The maximum Gasteiger partial charge on any atom is 0.416 e. The zero-order valence-corrected chi connectivity index (χ0v) is 10.6.